The van der Waals surface area contributed by atoms with Gasteiger partial charge in [-0.2, -0.15) is 0 Å². The van der Waals surface area contributed by atoms with E-state index < -0.39 is 0 Å². The predicted molar refractivity (Wildman–Crippen MR) is 69.0 cm³/mol. The van der Waals surface area contributed by atoms with Gasteiger partial charge in [0.15, 0.2) is 0 Å². The molecule has 1 aromatic carbocycles. The fraction of sp³-hybridized carbons (Fsp3) is 0.333. The molecule has 0 saturated carbocycles. The summed E-state index contributed by atoms with van der Waals surface area (Å²) in [5, 5.41) is 0. The predicted octanol–water partition coefficient (Wildman–Crippen LogP) is 4.21. The van der Waals surface area contributed by atoms with Gasteiger partial charge in [-0.25, -0.2) is 0 Å². The fourth-order valence-electron chi connectivity index (χ4n) is 1.92. The molecule has 1 heterocycles. The maximum Gasteiger partial charge on any atom is 0.0449 e. The number of aromatic nitrogens is 1. The summed E-state index contributed by atoms with van der Waals surface area (Å²) >= 11 is 0. The lowest BCUT2D eigenvalue weighted by Gasteiger charge is -2.05. The summed E-state index contributed by atoms with van der Waals surface area (Å²) in [6.45, 7) is 2.25. The summed E-state index contributed by atoms with van der Waals surface area (Å²) in [5.74, 6) is 0. The van der Waals surface area contributed by atoms with Crippen molar-refractivity contribution in [1.29, 1.82) is 0 Å². The summed E-state index contributed by atoms with van der Waals surface area (Å²) in [5.41, 5.74) is 2.69. The van der Waals surface area contributed by atoms with E-state index in [9.17, 15) is 0 Å². The fourth-order valence-corrected chi connectivity index (χ4v) is 1.92. The third kappa shape index (κ3) is 2.75. The van der Waals surface area contributed by atoms with Crippen molar-refractivity contribution in [3.63, 3.8) is 0 Å². The Morgan fingerprint density at radius 3 is 2.25 bits per heavy atom. The molecule has 84 valence electrons. The summed E-state index contributed by atoms with van der Waals surface area (Å²) in [6, 6.07) is 13.0. The van der Waals surface area contributed by atoms with E-state index in [0.29, 0.717) is 0 Å². The summed E-state index contributed by atoms with van der Waals surface area (Å²) in [4.78, 5) is 0. The van der Waals surface area contributed by atoms with E-state index in [4.69, 9.17) is 0 Å². The Labute approximate surface area is 97.7 Å². The van der Waals surface area contributed by atoms with E-state index >= 15 is 0 Å². The summed E-state index contributed by atoms with van der Waals surface area (Å²) in [6.07, 6.45) is 9.29. The Morgan fingerprint density at radius 1 is 0.938 bits per heavy atom. The van der Waals surface area contributed by atoms with Crippen molar-refractivity contribution in [3.05, 3.63) is 54.4 Å². The highest BCUT2D eigenvalue weighted by Gasteiger charge is 1.96. The molecule has 0 atom stereocenters. The molecule has 0 aliphatic carbocycles. The highest BCUT2D eigenvalue weighted by Crippen LogP contribution is 2.12. The van der Waals surface area contributed by atoms with Crippen LogP contribution in [-0.2, 0) is 6.42 Å². The molecule has 2 rings (SSSR count). The van der Waals surface area contributed by atoms with Gasteiger partial charge in [-0.15, -0.1) is 0 Å². The highest BCUT2D eigenvalue weighted by atomic mass is 14.9. The molecule has 0 aliphatic heterocycles. The van der Waals surface area contributed by atoms with Crippen LogP contribution in [0.1, 0.15) is 31.7 Å². The SMILES string of the molecule is CCCCCc1ccc(-n2cccc2)cc1. The Kier molecular flexibility index (Phi) is 3.81. The average Bonchev–Trinajstić information content (AvgIpc) is 2.84. The van der Waals surface area contributed by atoms with Crippen LogP contribution in [0.15, 0.2) is 48.8 Å². The van der Waals surface area contributed by atoms with Gasteiger partial charge in [0, 0.05) is 18.1 Å². The van der Waals surface area contributed by atoms with Crippen LogP contribution >= 0.6 is 0 Å². The van der Waals surface area contributed by atoms with Gasteiger partial charge in [-0.05, 0) is 42.7 Å². The van der Waals surface area contributed by atoms with Crippen molar-refractivity contribution in [2.45, 2.75) is 32.6 Å². The van der Waals surface area contributed by atoms with Crippen LogP contribution in [0.4, 0.5) is 0 Å². The lowest BCUT2D eigenvalue weighted by Crippen LogP contribution is -1.91. The van der Waals surface area contributed by atoms with Crippen molar-refractivity contribution in [1.82, 2.24) is 4.57 Å². The number of nitrogens with zero attached hydrogens (tertiary/aromatic N) is 1. The number of rotatable bonds is 5. The number of unbranched alkanes of at least 4 members (excludes halogenated alkanes) is 2. The van der Waals surface area contributed by atoms with E-state index in [0.717, 1.165) is 0 Å². The molecule has 0 fully saturated rings. The van der Waals surface area contributed by atoms with Gasteiger partial charge in [0.25, 0.3) is 0 Å². The first-order valence-electron chi connectivity index (χ1n) is 6.12. The lowest BCUT2D eigenvalue weighted by molar-refractivity contribution is 0.717. The van der Waals surface area contributed by atoms with E-state index in [1.54, 1.807) is 0 Å². The number of hydrogen-bond acceptors (Lipinski definition) is 0. The highest BCUT2D eigenvalue weighted by molar-refractivity contribution is 5.35. The molecule has 0 radical (unpaired) electrons. The molecule has 0 N–H and O–H groups in total. The minimum absolute atomic E-state index is 1.21. The summed E-state index contributed by atoms with van der Waals surface area (Å²) in [7, 11) is 0. The molecule has 0 bridgehead atoms. The average molecular weight is 213 g/mol. The van der Waals surface area contributed by atoms with Crippen LogP contribution in [0.3, 0.4) is 0 Å². The zero-order valence-corrected chi connectivity index (χ0v) is 9.89. The number of hydrogen-bond donors (Lipinski definition) is 0. The Hall–Kier alpha value is -1.50. The second kappa shape index (κ2) is 5.55. The molecule has 0 spiro atoms. The van der Waals surface area contributed by atoms with E-state index in [-0.39, 0.29) is 0 Å². The van der Waals surface area contributed by atoms with E-state index in [1.165, 1.54) is 36.9 Å². The molecule has 0 amide bonds. The largest absolute Gasteiger partial charge is 0.324 e. The zero-order valence-electron chi connectivity index (χ0n) is 9.89. The van der Waals surface area contributed by atoms with Gasteiger partial charge in [0.2, 0.25) is 0 Å². The Bertz CT molecular complexity index is 398. The molecule has 1 aromatic heterocycles. The maximum absolute atomic E-state index is 2.25. The third-order valence-corrected chi connectivity index (χ3v) is 2.91. The first kappa shape index (κ1) is 11.0. The van der Waals surface area contributed by atoms with Crippen molar-refractivity contribution in [2.75, 3.05) is 0 Å². The first-order chi connectivity index (χ1) is 7.90. The lowest BCUT2D eigenvalue weighted by atomic mass is 10.1. The molecular formula is C15H19N. The molecule has 0 unspecified atom stereocenters. The second-order valence-electron chi connectivity index (χ2n) is 4.21. The van der Waals surface area contributed by atoms with Crippen molar-refractivity contribution in [2.24, 2.45) is 0 Å². The monoisotopic (exact) mass is 213 g/mol. The smallest absolute Gasteiger partial charge is 0.0449 e. The minimum atomic E-state index is 1.21. The van der Waals surface area contributed by atoms with Gasteiger partial charge in [-0.1, -0.05) is 31.9 Å². The summed E-state index contributed by atoms with van der Waals surface area (Å²) < 4.78 is 2.13. The topological polar surface area (TPSA) is 4.93 Å². The molecule has 1 nitrogen and oxygen atoms in total. The van der Waals surface area contributed by atoms with Crippen LogP contribution in [0.2, 0.25) is 0 Å². The van der Waals surface area contributed by atoms with E-state index in [1.807, 2.05) is 0 Å². The zero-order chi connectivity index (χ0) is 11.2. The number of benzene rings is 1. The van der Waals surface area contributed by atoms with Crippen molar-refractivity contribution < 1.29 is 0 Å². The first-order valence-corrected chi connectivity index (χ1v) is 6.12. The Morgan fingerprint density at radius 2 is 1.62 bits per heavy atom. The minimum Gasteiger partial charge on any atom is -0.324 e. The van der Waals surface area contributed by atoms with Gasteiger partial charge in [0.05, 0.1) is 0 Å². The Balaban J connectivity index is 2.00. The van der Waals surface area contributed by atoms with Gasteiger partial charge in [0.1, 0.15) is 0 Å². The van der Waals surface area contributed by atoms with Crippen LogP contribution in [0, 0.1) is 0 Å². The third-order valence-electron chi connectivity index (χ3n) is 2.91. The van der Waals surface area contributed by atoms with Crippen LogP contribution in [-0.4, -0.2) is 4.57 Å². The number of aryl methyl sites for hydroxylation is 1. The van der Waals surface area contributed by atoms with Gasteiger partial charge < -0.3 is 4.57 Å². The molecule has 0 saturated heterocycles. The standard InChI is InChI=1S/C15H19N/c1-2-3-4-7-14-8-10-15(11-9-14)16-12-5-6-13-16/h5-6,8-13H,2-4,7H2,1H3. The molecule has 0 aliphatic rings. The van der Waals surface area contributed by atoms with Gasteiger partial charge >= 0.3 is 0 Å². The van der Waals surface area contributed by atoms with E-state index in [2.05, 4.69) is 60.3 Å². The van der Waals surface area contributed by atoms with Crippen LogP contribution in [0.25, 0.3) is 5.69 Å². The van der Waals surface area contributed by atoms with Crippen molar-refractivity contribution in [3.8, 4) is 5.69 Å². The molecular weight excluding hydrogens is 194 g/mol. The maximum atomic E-state index is 2.25. The van der Waals surface area contributed by atoms with Crippen molar-refractivity contribution >= 4 is 0 Å². The van der Waals surface area contributed by atoms with Crippen LogP contribution < -0.4 is 0 Å². The molecule has 16 heavy (non-hydrogen) atoms. The van der Waals surface area contributed by atoms with Gasteiger partial charge in [-0.3, -0.25) is 0 Å². The molecule has 2 aromatic rings. The molecule has 1 heteroatoms. The normalized spacial score (nSPS) is 10.6. The second-order valence-corrected chi connectivity index (χ2v) is 4.21. The van der Waals surface area contributed by atoms with Crippen LogP contribution in [0.5, 0.6) is 0 Å². The quantitative estimate of drug-likeness (QED) is 0.656.